The van der Waals surface area contributed by atoms with Crippen molar-refractivity contribution in [1.29, 1.82) is 0 Å². The fourth-order valence-corrected chi connectivity index (χ4v) is 1.32. The number of benzene rings is 1. The monoisotopic (exact) mass is 188 g/mol. The second-order valence-corrected chi connectivity index (χ2v) is 2.99. The van der Waals surface area contributed by atoms with Gasteiger partial charge < -0.3 is 5.11 Å². The zero-order valence-corrected chi connectivity index (χ0v) is 7.34. The van der Waals surface area contributed by atoms with Gasteiger partial charge in [-0.3, -0.25) is 4.79 Å². The van der Waals surface area contributed by atoms with Crippen molar-refractivity contribution >= 4 is 16.9 Å². The van der Waals surface area contributed by atoms with Gasteiger partial charge in [-0.05, 0) is 17.7 Å². The zero-order chi connectivity index (χ0) is 9.97. The number of carbonyl (C=O) groups is 1. The molecule has 4 nitrogen and oxygen atoms in total. The average Bonchev–Trinajstić information content (AvgIpc) is 2.17. The van der Waals surface area contributed by atoms with Crippen LogP contribution in [0.2, 0.25) is 0 Å². The predicted octanol–water partition coefficient (Wildman–Crippen LogP) is 1.26. The summed E-state index contributed by atoms with van der Waals surface area (Å²) in [6.45, 7) is 0. The number of carboxylic acids is 1. The van der Waals surface area contributed by atoms with E-state index < -0.39 is 5.97 Å². The second kappa shape index (κ2) is 3.41. The Morgan fingerprint density at radius 1 is 1.43 bits per heavy atom. The first kappa shape index (κ1) is 8.62. The molecule has 1 aromatic carbocycles. The molecule has 0 amide bonds. The fraction of sp³-hybridized carbons (Fsp3) is 0.100. The molecular weight excluding hydrogens is 180 g/mol. The lowest BCUT2D eigenvalue weighted by molar-refractivity contribution is -0.136. The van der Waals surface area contributed by atoms with Gasteiger partial charge in [0.25, 0.3) is 0 Å². The zero-order valence-electron chi connectivity index (χ0n) is 7.34. The fourth-order valence-electron chi connectivity index (χ4n) is 1.32. The van der Waals surface area contributed by atoms with E-state index in [1.165, 1.54) is 6.33 Å². The van der Waals surface area contributed by atoms with Crippen molar-refractivity contribution in [3.8, 4) is 0 Å². The molecule has 1 heterocycles. The Labute approximate surface area is 80.2 Å². The van der Waals surface area contributed by atoms with Crippen molar-refractivity contribution in [2.24, 2.45) is 0 Å². The van der Waals surface area contributed by atoms with Crippen LogP contribution in [0.25, 0.3) is 10.9 Å². The maximum absolute atomic E-state index is 10.5. The number of fused-ring (bicyclic) bond motifs is 1. The van der Waals surface area contributed by atoms with Crippen molar-refractivity contribution < 1.29 is 9.90 Å². The van der Waals surface area contributed by atoms with Crippen LogP contribution in [-0.2, 0) is 11.2 Å². The summed E-state index contributed by atoms with van der Waals surface area (Å²) in [5.74, 6) is -0.832. The van der Waals surface area contributed by atoms with Crippen LogP contribution < -0.4 is 0 Å². The van der Waals surface area contributed by atoms with E-state index in [0.717, 1.165) is 16.5 Å². The van der Waals surface area contributed by atoms with E-state index in [2.05, 4.69) is 9.97 Å². The largest absolute Gasteiger partial charge is 0.481 e. The van der Waals surface area contributed by atoms with Crippen LogP contribution in [0, 0.1) is 0 Å². The number of aromatic nitrogens is 2. The predicted molar refractivity (Wildman–Crippen MR) is 50.9 cm³/mol. The summed E-state index contributed by atoms with van der Waals surface area (Å²) in [6.07, 6.45) is 3.18. The molecule has 0 aliphatic rings. The van der Waals surface area contributed by atoms with E-state index in [1.807, 2.05) is 0 Å². The third-order valence-corrected chi connectivity index (χ3v) is 1.92. The average molecular weight is 188 g/mol. The minimum Gasteiger partial charge on any atom is -0.481 e. The first-order valence-corrected chi connectivity index (χ1v) is 4.16. The highest BCUT2D eigenvalue weighted by molar-refractivity contribution is 5.80. The molecule has 0 fully saturated rings. The lowest BCUT2D eigenvalue weighted by Crippen LogP contribution is -1.99. The van der Waals surface area contributed by atoms with Gasteiger partial charge in [0.1, 0.15) is 6.33 Å². The summed E-state index contributed by atoms with van der Waals surface area (Å²) in [7, 11) is 0. The third kappa shape index (κ3) is 1.69. The minimum absolute atomic E-state index is 0.0326. The van der Waals surface area contributed by atoms with Crippen LogP contribution >= 0.6 is 0 Å². The summed E-state index contributed by atoms with van der Waals surface area (Å²) >= 11 is 0. The number of aliphatic carboxylic acids is 1. The Bertz CT molecular complexity index is 482. The molecule has 0 bridgehead atoms. The van der Waals surface area contributed by atoms with Gasteiger partial charge in [0.2, 0.25) is 0 Å². The molecule has 0 saturated heterocycles. The molecule has 2 aromatic rings. The van der Waals surface area contributed by atoms with Gasteiger partial charge in [-0.15, -0.1) is 0 Å². The Balaban J connectivity index is 2.46. The smallest absolute Gasteiger partial charge is 0.307 e. The van der Waals surface area contributed by atoms with Gasteiger partial charge in [0.05, 0.1) is 11.9 Å². The van der Waals surface area contributed by atoms with Gasteiger partial charge in [-0.1, -0.05) is 6.07 Å². The van der Waals surface area contributed by atoms with Crippen LogP contribution in [0.5, 0.6) is 0 Å². The first-order chi connectivity index (χ1) is 6.75. The van der Waals surface area contributed by atoms with E-state index in [1.54, 1.807) is 24.4 Å². The molecule has 0 saturated carbocycles. The number of carboxylic acid groups (broad SMARTS) is 1. The lowest BCUT2D eigenvalue weighted by atomic mass is 10.1. The Morgan fingerprint density at radius 3 is 3.07 bits per heavy atom. The van der Waals surface area contributed by atoms with E-state index in [0.29, 0.717) is 0 Å². The Hall–Kier alpha value is -1.97. The molecule has 4 heteroatoms. The van der Waals surface area contributed by atoms with E-state index in [-0.39, 0.29) is 6.42 Å². The molecule has 2 rings (SSSR count). The molecule has 1 N–H and O–H groups in total. The molecule has 0 aliphatic heterocycles. The summed E-state index contributed by atoms with van der Waals surface area (Å²) in [4.78, 5) is 18.4. The highest BCUT2D eigenvalue weighted by Gasteiger charge is 2.01. The third-order valence-electron chi connectivity index (χ3n) is 1.92. The van der Waals surface area contributed by atoms with Crippen LogP contribution in [-0.4, -0.2) is 21.0 Å². The normalized spacial score (nSPS) is 10.3. The highest BCUT2D eigenvalue weighted by atomic mass is 16.4. The molecular formula is C10H8N2O2. The quantitative estimate of drug-likeness (QED) is 0.770. The van der Waals surface area contributed by atoms with Crippen molar-refractivity contribution in [2.45, 2.75) is 6.42 Å². The highest BCUT2D eigenvalue weighted by Crippen LogP contribution is 2.12. The van der Waals surface area contributed by atoms with Gasteiger partial charge in [0, 0.05) is 11.6 Å². The minimum atomic E-state index is -0.832. The molecule has 1 aromatic heterocycles. The second-order valence-electron chi connectivity index (χ2n) is 2.99. The molecule has 70 valence electrons. The van der Waals surface area contributed by atoms with Gasteiger partial charge >= 0.3 is 5.97 Å². The van der Waals surface area contributed by atoms with Crippen molar-refractivity contribution in [3.63, 3.8) is 0 Å². The molecule has 0 unspecified atom stereocenters. The summed E-state index contributed by atoms with van der Waals surface area (Å²) in [5, 5.41) is 9.47. The summed E-state index contributed by atoms with van der Waals surface area (Å²) < 4.78 is 0. The standard InChI is InChI=1S/C10H8N2O2/c13-10(14)4-7-1-2-9-8(3-7)5-11-6-12-9/h1-3,5-6H,4H2,(H,13,14). The maximum Gasteiger partial charge on any atom is 0.307 e. The Morgan fingerprint density at radius 2 is 2.29 bits per heavy atom. The lowest BCUT2D eigenvalue weighted by Gasteiger charge is -1.99. The van der Waals surface area contributed by atoms with Crippen molar-refractivity contribution in [1.82, 2.24) is 9.97 Å². The number of hydrogen-bond acceptors (Lipinski definition) is 3. The van der Waals surface area contributed by atoms with E-state index in [9.17, 15) is 4.79 Å². The number of nitrogens with zero attached hydrogens (tertiary/aromatic N) is 2. The van der Waals surface area contributed by atoms with Crippen LogP contribution in [0.15, 0.2) is 30.7 Å². The molecule has 0 aliphatic carbocycles. The summed E-state index contributed by atoms with van der Waals surface area (Å²) in [6, 6.07) is 5.36. The van der Waals surface area contributed by atoms with Crippen LogP contribution in [0.4, 0.5) is 0 Å². The van der Waals surface area contributed by atoms with Gasteiger partial charge in [-0.25, -0.2) is 9.97 Å². The van der Waals surface area contributed by atoms with Crippen LogP contribution in [0.1, 0.15) is 5.56 Å². The van der Waals surface area contributed by atoms with Gasteiger partial charge in [-0.2, -0.15) is 0 Å². The number of hydrogen-bond donors (Lipinski definition) is 1. The molecule has 0 spiro atoms. The SMILES string of the molecule is O=C(O)Cc1ccc2ncncc2c1. The molecule has 0 atom stereocenters. The van der Waals surface area contributed by atoms with Crippen LogP contribution in [0.3, 0.4) is 0 Å². The van der Waals surface area contributed by atoms with Crippen molar-refractivity contribution in [3.05, 3.63) is 36.3 Å². The number of rotatable bonds is 2. The molecule has 14 heavy (non-hydrogen) atoms. The molecule has 0 radical (unpaired) electrons. The van der Waals surface area contributed by atoms with E-state index in [4.69, 9.17) is 5.11 Å². The van der Waals surface area contributed by atoms with Crippen molar-refractivity contribution in [2.75, 3.05) is 0 Å². The van der Waals surface area contributed by atoms with E-state index >= 15 is 0 Å². The summed E-state index contributed by atoms with van der Waals surface area (Å²) in [5.41, 5.74) is 1.59. The maximum atomic E-state index is 10.5. The topological polar surface area (TPSA) is 63.1 Å². The Kier molecular flexibility index (Phi) is 2.10. The van der Waals surface area contributed by atoms with Gasteiger partial charge in [0.15, 0.2) is 0 Å². The first-order valence-electron chi connectivity index (χ1n) is 4.16.